The minimum Gasteiger partial charge on any atom is -0.465 e. The van der Waals surface area contributed by atoms with Gasteiger partial charge in [0, 0.05) is 23.2 Å². The number of likely N-dealkylation sites (tertiary alicyclic amines) is 1. The van der Waals surface area contributed by atoms with Crippen LogP contribution in [0.2, 0.25) is 0 Å². The summed E-state index contributed by atoms with van der Waals surface area (Å²) < 4.78 is 5.26. The van der Waals surface area contributed by atoms with E-state index in [9.17, 15) is 14.7 Å². The molecule has 1 aliphatic heterocycles. The number of aliphatic hydroxyl groups excluding tert-OH is 1. The molecule has 1 saturated heterocycles. The molecule has 2 rings (SSSR count). The Morgan fingerprint density at radius 3 is 2.85 bits per heavy atom. The molecule has 1 aromatic rings. The van der Waals surface area contributed by atoms with E-state index in [4.69, 9.17) is 0 Å². The predicted molar refractivity (Wildman–Crippen MR) is 76.7 cm³/mol. The first kappa shape index (κ1) is 14.8. The first-order chi connectivity index (χ1) is 9.51. The number of hydrogen-bond acceptors (Lipinski definition) is 4. The van der Waals surface area contributed by atoms with Crippen molar-refractivity contribution in [2.75, 3.05) is 25.5 Å². The minimum absolute atomic E-state index is 0.292. The normalized spacial score (nSPS) is 17.9. The lowest BCUT2D eigenvalue weighted by Crippen LogP contribution is -2.33. The van der Waals surface area contributed by atoms with E-state index in [1.54, 1.807) is 18.2 Å². The fourth-order valence-electron chi connectivity index (χ4n) is 2.00. The molecule has 1 fully saturated rings. The zero-order valence-corrected chi connectivity index (χ0v) is 12.5. The number of methoxy groups -OCH3 is 1. The summed E-state index contributed by atoms with van der Waals surface area (Å²) in [6.07, 6.45) is 0.123. The van der Waals surface area contributed by atoms with Crippen LogP contribution in [0.5, 0.6) is 0 Å². The molecule has 0 bridgehead atoms. The van der Waals surface area contributed by atoms with E-state index in [-0.39, 0.29) is 6.03 Å². The standard InChI is InChI=1S/C13H15BrN2O4/c1-20-12(18)10-6-8(2-3-11(10)14)15-13(19)16-5-4-9(17)7-16/h2-3,6,9,17H,4-5,7H2,1H3,(H,15,19)/t9-/m0/s1. The number of urea groups is 1. The Morgan fingerprint density at radius 2 is 2.25 bits per heavy atom. The van der Waals surface area contributed by atoms with Crippen molar-refractivity contribution in [3.63, 3.8) is 0 Å². The average Bonchev–Trinajstić information content (AvgIpc) is 2.87. The Balaban J connectivity index is 2.10. The van der Waals surface area contributed by atoms with Crippen molar-refractivity contribution in [3.05, 3.63) is 28.2 Å². The van der Waals surface area contributed by atoms with Gasteiger partial charge in [0.15, 0.2) is 0 Å². The molecule has 2 amide bonds. The topological polar surface area (TPSA) is 78.9 Å². The highest BCUT2D eigenvalue weighted by atomic mass is 79.9. The molecule has 2 N–H and O–H groups in total. The number of halogens is 1. The quantitative estimate of drug-likeness (QED) is 0.803. The molecule has 6 nitrogen and oxygen atoms in total. The van der Waals surface area contributed by atoms with Gasteiger partial charge in [0.1, 0.15) is 0 Å². The van der Waals surface area contributed by atoms with Gasteiger partial charge in [-0.15, -0.1) is 0 Å². The summed E-state index contributed by atoms with van der Waals surface area (Å²) in [5.41, 5.74) is 0.840. The smallest absolute Gasteiger partial charge is 0.339 e. The number of carbonyl (C=O) groups excluding carboxylic acids is 2. The van der Waals surface area contributed by atoms with Crippen LogP contribution >= 0.6 is 15.9 Å². The van der Waals surface area contributed by atoms with E-state index in [1.165, 1.54) is 12.0 Å². The van der Waals surface area contributed by atoms with Crippen molar-refractivity contribution in [1.82, 2.24) is 4.90 Å². The van der Waals surface area contributed by atoms with Gasteiger partial charge in [-0.2, -0.15) is 0 Å². The van der Waals surface area contributed by atoms with E-state index >= 15 is 0 Å². The molecule has 1 atom stereocenters. The average molecular weight is 343 g/mol. The molecule has 108 valence electrons. The number of aliphatic hydroxyl groups is 1. The second-order valence-corrected chi connectivity index (χ2v) is 5.36. The maximum Gasteiger partial charge on any atom is 0.339 e. The molecule has 0 aromatic heterocycles. The van der Waals surface area contributed by atoms with Crippen molar-refractivity contribution in [1.29, 1.82) is 0 Å². The number of carbonyl (C=O) groups is 2. The van der Waals surface area contributed by atoms with Crippen LogP contribution in [-0.4, -0.2) is 48.3 Å². The molecule has 0 unspecified atom stereocenters. The molecule has 1 heterocycles. The van der Waals surface area contributed by atoms with Crippen LogP contribution in [0.3, 0.4) is 0 Å². The number of hydrogen-bond donors (Lipinski definition) is 2. The second-order valence-electron chi connectivity index (χ2n) is 4.50. The van der Waals surface area contributed by atoms with Crippen LogP contribution in [0.25, 0.3) is 0 Å². The number of esters is 1. The first-order valence-electron chi connectivity index (χ1n) is 6.13. The first-order valence-corrected chi connectivity index (χ1v) is 6.92. The molecule has 20 heavy (non-hydrogen) atoms. The predicted octanol–water partition coefficient (Wildman–Crippen LogP) is 1.83. The number of amides is 2. The number of nitrogens with one attached hydrogen (secondary N) is 1. The van der Waals surface area contributed by atoms with Crippen LogP contribution in [0, 0.1) is 0 Å². The highest BCUT2D eigenvalue weighted by molar-refractivity contribution is 9.10. The number of benzene rings is 1. The third kappa shape index (κ3) is 3.29. The Kier molecular flexibility index (Phi) is 4.61. The number of anilines is 1. The fraction of sp³-hybridized carbons (Fsp3) is 0.385. The van der Waals surface area contributed by atoms with Gasteiger partial charge in [-0.05, 0) is 40.5 Å². The van der Waals surface area contributed by atoms with Crippen molar-refractivity contribution < 1.29 is 19.4 Å². The number of nitrogens with zero attached hydrogens (tertiary/aromatic N) is 1. The second kappa shape index (κ2) is 6.23. The lowest BCUT2D eigenvalue weighted by molar-refractivity contribution is 0.0599. The maximum atomic E-state index is 12.0. The van der Waals surface area contributed by atoms with Crippen molar-refractivity contribution in [3.8, 4) is 0 Å². The molecular weight excluding hydrogens is 328 g/mol. The van der Waals surface area contributed by atoms with E-state index in [1.807, 2.05) is 0 Å². The van der Waals surface area contributed by atoms with E-state index < -0.39 is 12.1 Å². The Bertz CT molecular complexity index is 535. The highest BCUT2D eigenvalue weighted by Crippen LogP contribution is 2.22. The molecule has 0 spiro atoms. The lowest BCUT2D eigenvalue weighted by Gasteiger charge is -2.17. The Labute approximate surface area is 124 Å². The van der Waals surface area contributed by atoms with Crippen LogP contribution in [0.15, 0.2) is 22.7 Å². The molecule has 0 aliphatic carbocycles. The third-order valence-corrected chi connectivity index (χ3v) is 3.77. The van der Waals surface area contributed by atoms with E-state index in [2.05, 4.69) is 26.0 Å². The summed E-state index contributed by atoms with van der Waals surface area (Å²) in [6, 6.07) is 4.60. The minimum atomic E-state index is -0.482. The van der Waals surface area contributed by atoms with Gasteiger partial charge in [0.05, 0.1) is 18.8 Å². The van der Waals surface area contributed by atoms with Crippen molar-refractivity contribution >= 4 is 33.6 Å². The van der Waals surface area contributed by atoms with Gasteiger partial charge in [-0.1, -0.05) is 0 Å². The van der Waals surface area contributed by atoms with Gasteiger partial charge in [-0.25, -0.2) is 9.59 Å². The van der Waals surface area contributed by atoms with E-state index in [0.29, 0.717) is 35.2 Å². The summed E-state index contributed by atoms with van der Waals surface area (Å²) in [5, 5.41) is 12.1. The van der Waals surface area contributed by atoms with Gasteiger partial charge in [0.2, 0.25) is 0 Å². The molecule has 1 aliphatic rings. The van der Waals surface area contributed by atoms with Gasteiger partial charge in [0.25, 0.3) is 0 Å². The molecule has 7 heteroatoms. The lowest BCUT2D eigenvalue weighted by atomic mass is 10.2. The number of β-amino-alcohol motifs (C(OH)–C–C–N with tert-alkyl or cyclic N) is 1. The van der Waals surface area contributed by atoms with Crippen LogP contribution < -0.4 is 5.32 Å². The summed E-state index contributed by atoms with van der Waals surface area (Å²) in [6.45, 7) is 0.847. The van der Waals surface area contributed by atoms with Gasteiger partial charge in [-0.3, -0.25) is 0 Å². The number of ether oxygens (including phenoxy) is 1. The highest BCUT2D eigenvalue weighted by Gasteiger charge is 2.24. The zero-order valence-electron chi connectivity index (χ0n) is 10.9. The largest absolute Gasteiger partial charge is 0.465 e. The summed E-state index contributed by atoms with van der Waals surface area (Å²) in [7, 11) is 1.30. The third-order valence-electron chi connectivity index (χ3n) is 3.07. The maximum absolute atomic E-state index is 12.0. The summed E-state index contributed by atoms with van der Waals surface area (Å²) in [5.74, 6) is -0.482. The van der Waals surface area contributed by atoms with Crippen molar-refractivity contribution in [2.45, 2.75) is 12.5 Å². The molecule has 0 radical (unpaired) electrons. The Hall–Kier alpha value is -1.60. The fourth-order valence-corrected chi connectivity index (χ4v) is 2.41. The van der Waals surface area contributed by atoms with Crippen molar-refractivity contribution in [2.24, 2.45) is 0 Å². The van der Waals surface area contributed by atoms with Crippen LogP contribution in [-0.2, 0) is 4.74 Å². The zero-order chi connectivity index (χ0) is 14.7. The molecular formula is C13H15BrN2O4. The van der Waals surface area contributed by atoms with E-state index in [0.717, 1.165) is 0 Å². The molecule has 1 aromatic carbocycles. The summed E-state index contributed by atoms with van der Waals surface area (Å²) >= 11 is 3.26. The SMILES string of the molecule is COC(=O)c1cc(NC(=O)N2CC[C@H](O)C2)ccc1Br. The summed E-state index contributed by atoms with van der Waals surface area (Å²) in [4.78, 5) is 25.1. The monoisotopic (exact) mass is 342 g/mol. The van der Waals surface area contributed by atoms with Gasteiger partial charge >= 0.3 is 12.0 Å². The van der Waals surface area contributed by atoms with Crippen LogP contribution in [0.1, 0.15) is 16.8 Å². The molecule has 0 saturated carbocycles. The number of rotatable bonds is 2. The van der Waals surface area contributed by atoms with Crippen LogP contribution in [0.4, 0.5) is 10.5 Å². The van der Waals surface area contributed by atoms with Gasteiger partial charge < -0.3 is 20.1 Å². The Morgan fingerprint density at radius 1 is 1.50 bits per heavy atom.